The molecule has 1 aromatic carbocycles. The van der Waals surface area contributed by atoms with Crippen LogP contribution in [0.25, 0.3) is 11.3 Å². The van der Waals surface area contributed by atoms with Crippen LogP contribution in [0.3, 0.4) is 0 Å². The molecular weight excluding hydrogens is 304 g/mol. The van der Waals surface area contributed by atoms with Crippen molar-refractivity contribution in [1.29, 1.82) is 0 Å². The third-order valence-corrected chi connectivity index (χ3v) is 6.59. The van der Waals surface area contributed by atoms with Crippen LogP contribution in [0.15, 0.2) is 60.8 Å². The summed E-state index contributed by atoms with van der Waals surface area (Å²) in [5.41, 5.74) is 11.9. The Labute approximate surface area is 152 Å². The third-order valence-electron chi connectivity index (χ3n) is 6.59. The number of nitrogens with two attached hydrogens (primary N) is 1. The molecule has 0 spiro atoms. The largest absolute Gasteiger partial charge is 0.321 e. The zero-order valence-corrected chi connectivity index (χ0v) is 15.9. The number of nitrogens with zero attached hydrogens (tertiary/aromatic N) is 1. The van der Waals surface area contributed by atoms with E-state index in [1.165, 1.54) is 16.8 Å². The highest BCUT2D eigenvalue weighted by molar-refractivity contribution is 5.61. The van der Waals surface area contributed by atoms with Gasteiger partial charge in [0.25, 0.3) is 0 Å². The summed E-state index contributed by atoms with van der Waals surface area (Å²) < 4.78 is 2.31. The second-order valence-corrected chi connectivity index (χ2v) is 7.71. The molecule has 3 rings (SSSR count). The van der Waals surface area contributed by atoms with Gasteiger partial charge in [-0.15, -0.1) is 0 Å². The Hall–Kier alpha value is -1.93. The van der Waals surface area contributed by atoms with Gasteiger partial charge in [-0.05, 0) is 48.8 Å². The summed E-state index contributed by atoms with van der Waals surface area (Å²) in [7, 11) is 0. The second-order valence-electron chi connectivity index (χ2n) is 7.71. The molecule has 25 heavy (non-hydrogen) atoms. The maximum absolute atomic E-state index is 7.05. The van der Waals surface area contributed by atoms with E-state index < -0.39 is 0 Å². The molecule has 0 saturated heterocycles. The summed E-state index contributed by atoms with van der Waals surface area (Å²) in [6, 6.07) is 15.2. The summed E-state index contributed by atoms with van der Waals surface area (Å²) in [6.07, 6.45) is 6.25. The summed E-state index contributed by atoms with van der Waals surface area (Å²) in [4.78, 5) is 0. The SMILES string of the molecule is C=C1C[n+]2ccccc2-c2ccccc2CCC(C)(CC)C1(N)CC. The van der Waals surface area contributed by atoms with Crippen LogP contribution in [0.2, 0.25) is 0 Å². The molecule has 0 radical (unpaired) electrons. The lowest BCUT2D eigenvalue weighted by atomic mass is 9.62. The van der Waals surface area contributed by atoms with E-state index in [0.29, 0.717) is 0 Å². The lowest BCUT2D eigenvalue weighted by Gasteiger charge is -2.47. The number of aryl methyl sites for hydroxylation is 1. The van der Waals surface area contributed by atoms with Crippen molar-refractivity contribution < 1.29 is 4.57 Å². The van der Waals surface area contributed by atoms with Crippen molar-refractivity contribution in [2.24, 2.45) is 11.1 Å². The van der Waals surface area contributed by atoms with Gasteiger partial charge < -0.3 is 5.73 Å². The van der Waals surface area contributed by atoms with Crippen LogP contribution in [-0.2, 0) is 13.0 Å². The van der Waals surface area contributed by atoms with E-state index in [1.54, 1.807) is 0 Å². The van der Waals surface area contributed by atoms with Crippen LogP contribution in [-0.4, -0.2) is 5.54 Å². The summed E-state index contributed by atoms with van der Waals surface area (Å²) >= 11 is 0. The number of aromatic nitrogens is 1. The van der Waals surface area contributed by atoms with Gasteiger partial charge >= 0.3 is 0 Å². The van der Waals surface area contributed by atoms with Gasteiger partial charge in [-0.2, -0.15) is 4.57 Å². The number of benzene rings is 1. The second kappa shape index (κ2) is 6.76. The first-order chi connectivity index (χ1) is 11.9. The Kier molecular flexibility index (Phi) is 4.83. The fraction of sp³-hybridized carbons (Fsp3) is 0.435. The zero-order valence-electron chi connectivity index (χ0n) is 15.9. The van der Waals surface area contributed by atoms with Crippen LogP contribution >= 0.6 is 0 Å². The van der Waals surface area contributed by atoms with Crippen LogP contribution < -0.4 is 10.3 Å². The molecule has 2 atom stereocenters. The normalized spacial score (nSPS) is 26.6. The molecule has 2 heterocycles. The minimum absolute atomic E-state index is 0.0405. The highest BCUT2D eigenvalue weighted by Crippen LogP contribution is 2.44. The number of rotatable bonds is 2. The van der Waals surface area contributed by atoms with Crippen molar-refractivity contribution in [2.75, 3.05) is 0 Å². The first kappa shape index (κ1) is 17.9. The van der Waals surface area contributed by atoms with Crippen molar-refractivity contribution in [3.8, 4) is 11.3 Å². The van der Waals surface area contributed by atoms with Gasteiger partial charge in [0.05, 0.1) is 0 Å². The maximum atomic E-state index is 7.05. The molecule has 1 aromatic heterocycles. The number of hydrogen-bond donors (Lipinski definition) is 1. The van der Waals surface area contributed by atoms with Gasteiger partial charge in [-0.3, -0.25) is 0 Å². The molecule has 0 aliphatic carbocycles. The Morgan fingerprint density at radius 2 is 1.80 bits per heavy atom. The lowest BCUT2D eigenvalue weighted by Crippen LogP contribution is -2.58. The van der Waals surface area contributed by atoms with Gasteiger partial charge in [0.1, 0.15) is 0 Å². The summed E-state index contributed by atoms with van der Waals surface area (Å²) in [5.74, 6) is 0. The van der Waals surface area contributed by atoms with Crippen molar-refractivity contribution in [3.63, 3.8) is 0 Å². The molecule has 0 bridgehead atoms. The Balaban J connectivity index is 2.20. The predicted molar refractivity (Wildman–Crippen MR) is 105 cm³/mol. The zero-order chi connectivity index (χ0) is 18.1. The molecule has 0 saturated carbocycles. The van der Waals surface area contributed by atoms with E-state index in [4.69, 9.17) is 5.73 Å². The molecule has 2 N–H and O–H groups in total. The topological polar surface area (TPSA) is 29.9 Å². The molecule has 1 aliphatic rings. The average molecular weight is 336 g/mol. The molecule has 2 unspecified atom stereocenters. The van der Waals surface area contributed by atoms with Gasteiger partial charge in [0, 0.05) is 28.8 Å². The Morgan fingerprint density at radius 1 is 1.08 bits per heavy atom. The van der Waals surface area contributed by atoms with E-state index >= 15 is 0 Å². The number of hydrogen-bond acceptors (Lipinski definition) is 1. The van der Waals surface area contributed by atoms with E-state index in [0.717, 1.165) is 37.8 Å². The van der Waals surface area contributed by atoms with Crippen LogP contribution in [0.5, 0.6) is 0 Å². The predicted octanol–water partition coefficient (Wildman–Crippen LogP) is 4.67. The summed E-state index contributed by atoms with van der Waals surface area (Å²) in [5, 5.41) is 0. The van der Waals surface area contributed by atoms with E-state index in [1.807, 2.05) is 0 Å². The highest BCUT2D eigenvalue weighted by atomic mass is 15.0. The fourth-order valence-corrected chi connectivity index (χ4v) is 4.42. The molecule has 2 aromatic rings. The molecule has 0 amide bonds. The van der Waals surface area contributed by atoms with Gasteiger partial charge in [0.15, 0.2) is 12.7 Å². The third kappa shape index (κ3) is 2.93. The van der Waals surface area contributed by atoms with Crippen LogP contribution in [0, 0.1) is 5.41 Å². The van der Waals surface area contributed by atoms with Crippen molar-refractivity contribution in [1.82, 2.24) is 0 Å². The van der Waals surface area contributed by atoms with Gasteiger partial charge in [-0.25, -0.2) is 0 Å². The minimum atomic E-state index is -0.353. The molecule has 2 heteroatoms. The first-order valence-electron chi connectivity index (χ1n) is 9.49. The quantitative estimate of drug-likeness (QED) is 0.627. The van der Waals surface area contributed by atoms with Crippen molar-refractivity contribution >= 4 is 0 Å². The van der Waals surface area contributed by atoms with E-state index in [-0.39, 0.29) is 11.0 Å². The highest BCUT2D eigenvalue weighted by Gasteiger charge is 2.46. The van der Waals surface area contributed by atoms with Crippen molar-refractivity contribution in [3.05, 3.63) is 66.4 Å². The summed E-state index contributed by atoms with van der Waals surface area (Å²) in [6.45, 7) is 12.1. The standard InChI is InChI=1S/C23H31N2/c1-5-22(4)15-14-19-11-7-8-12-20(19)21-13-9-10-16-25(21)17-18(3)23(22,24)6-2/h7-13,16H,3,5-6,14-15,17,24H2,1-2,4H3/q+1. The lowest BCUT2D eigenvalue weighted by molar-refractivity contribution is -0.679. The maximum Gasteiger partial charge on any atom is 0.213 e. The monoisotopic (exact) mass is 335 g/mol. The number of fused-ring (bicyclic) bond motifs is 3. The van der Waals surface area contributed by atoms with Crippen LogP contribution in [0.4, 0.5) is 0 Å². The molecule has 0 fully saturated rings. The Morgan fingerprint density at radius 3 is 2.52 bits per heavy atom. The van der Waals surface area contributed by atoms with Crippen LogP contribution in [0.1, 0.15) is 45.6 Å². The van der Waals surface area contributed by atoms with E-state index in [9.17, 15) is 0 Å². The smallest absolute Gasteiger partial charge is 0.213 e. The van der Waals surface area contributed by atoms with Gasteiger partial charge in [-0.1, -0.05) is 45.5 Å². The fourth-order valence-electron chi connectivity index (χ4n) is 4.42. The molecule has 1 aliphatic heterocycles. The number of pyridine rings is 1. The average Bonchev–Trinajstić information content (AvgIpc) is 2.65. The first-order valence-corrected chi connectivity index (χ1v) is 9.49. The molecule has 132 valence electrons. The molecular formula is C23H31N2+. The molecule has 2 nitrogen and oxygen atoms in total. The minimum Gasteiger partial charge on any atom is -0.321 e. The van der Waals surface area contributed by atoms with Crippen molar-refractivity contribution in [2.45, 2.75) is 58.5 Å². The Bertz CT molecular complexity index is 779. The van der Waals surface area contributed by atoms with E-state index in [2.05, 4.69) is 80.6 Å². The van der Waals surface area contributed by atoms with Gasteiger partial charge in [0.2, 0.25) is 5.69 Å².